The first-order valence-electron chi connectivity index (χ1n) is 14.7. The Labute approximate surface area is 246 Å². The zero-order chi connectivity index (χ0) is 28.7. The van der Waals surface area contributed by atoms with Gasteiger partial charge in [0.1, 0.15) is 5.54 Å². The molecule has 0 spiro atoms. The second-order valence-electron chi connectivity index (χ2n) is 11.1. The number of urea groups is 1. The molecule has 9 heteroatoms. The maximum Gasteiger partial charge on any atom is 0.324 e. The van der Waals surface area contributed by atoms with Crippen LogP contribution in [-0.4, -0.2) is 79.1 Å². The summed E-state index contributed by atoms with van der Waals surface area (Å²) in [5, 5.41) is 7.12. The van der Waals surface area contributed by atoms with E-state index in [9.17, 15) is 14.4 Å². The van der Waals surface area contributed by atoms with Gasteiger partial charge in [0.2, 0.25) is 0 Å². The molecular formula is C32H40N4O4S. The quantitative estimate of drug-likeness (QED) is 0.340. The molecular weight excluding hydrogens is 536 g/mol. The first-order chi connectivity index (χ1) is 19.9. The van der Waals surface area contributed by atoms with Gasteiger partial charge in [-0.15, -0.1) is 11.3 Å². The van der Waals surface area contributed by atoms with Gasteiger partial charge in [0, 0.05) is 30.9 Å². The lowest BCUT2D eigenvalue weighted by molar-refractivity contribution is -0.134. The molecule has 2 heterocycles. The molecule has 0 bridgehead atoms. The molecule has 0 atom stereocenters. The number of nitrogens with one attached hydrogen (secondary N) is 2. The van der Waals surface area contributed by atoms with Gasteiger partial charge in [-0.3, -0.25) is 19.4 Å². The fourth-order valence-electron chi connectivity index (χ4n) is 5.83. The Bertz CT molecular complexity index is 1350. The minimum Gasteiger partial charge on any atom is -0.379 e. The Morgan fingerprint density at radius 3 is 2.51 bits per heavy atom. The summed E-state index contributed by atoms with van der Waals surface area (Å²) in [4.78, 5) is 45.5. The molecule has 4 amide bonds. The number of imide groups is 1. The number of ether oxygens (including phenoxy) is 1. The Balaban J connectivity index is 1.30. The van der Waals surface area contributed by atoms with E-state index in [0.29, 0.717) is 30.7 Å². The van der Waals surface area contributed by atoms with Crippen molar-refractivity contribution in [3.05, 3.63) is 70.6 Å². The zero-order valence-corrected chi connectivity index (χ0v) is 24.6. The fraction of sp³-hybridized carbons (Fsp3) is 0.469. The SMILES string of the molecule is Cc1cccc2cc(C(=O)NC3(C(=O)N(CCc4ccccc4)C(=O)NCCCN4CCOCC4)CCCC3)sc12. The third-order valence-electron chi connectivity index (χ3n) is 8.17. The molecule has 1 aliphatic carbocycles. The number of benzene rings is 2. The number of amides is 4. The van der Waals surface area contributed by atoms with E-state index in [4.69, 9.17) is 4.74 Å². The number of aryl methyl sites for hydroxylation is 1. The van der Waals surface area contributed by atoms with Crippen molar-refractivity contribution in [2.45, 2.75) is 51.0 Å². The van der Waals surface area contributed by atoms with Crippen LogP contribution in [0.4, 0.5) is 4.79 Å². The summed E-state index contributed by atoms with van der Waals surface area (Å²) >= 11 is 1.45. The van der Waals surface area contributed by atoms with Crippen molar-refractivity contribution in [1.82, 2.24) is 20.4 Å². The van der Waals surface area contributed by atoms with Crippen LogP contribution in [0.1, 0.15) is 52.9 Å². The Kier molecular flexibility index (Phi) is 9.69. The Morgan fingerprint density at radius 1 is 1.02 bits per heavy atom. The van der Waals surface area contributed by atoms with E-state index >= 15 is 0 Å². The van der Waals surface area contributed by atoms with Gasteiger partial charge in [0.15, 0.2) is 0 Å². The summed E-state index contributed by atoms with van der Waals surface area (Å²) in [6.45, 7) is 6.91. The van der Waals surface area contributed by atoms with Crippen LogP contribution in [-0.2, 0) is 16.0 Å². The zero-order valence-electron chi connectivity index (χ0n) is 23.8. The maximum atomic E-state index is 14.2. The van der Waals surface area contributed by atoms with Crippen molar-refractivity contribution in [3.8, 4) is 0 Å². The van der Waals surface area contributed by atoms with Crippen molar-refractivity contribution >= 4 is 39.3 Å². The number of hydrogen-bond donors (Lipinski definition) is 2. The lowest BCUT2D eigenvalue weighted by atomic mass is 9.94. The highest BCUT2D eigenvalue weighted by Gasteiger charge is 2.46. The van der Waals surface area contributed by atoms with Gasteiger partial charge >= 0.3 is 6.03 Å². The summed E-state index contributed by atoms with van der Waals surface area (Å²) in [6.07, 6.45) is 4.03. The van der Waals surface area contributed by atoms with Crippen LogP contribution < -0.4 is 10.6 Å². The number of thiophene rings is 1. The number of fused-ring (bicyclic) bond motifs is 1. The molecule has 218 valence electrons. The number of carbonyl (C=O) groups excluding carboxylic acids is 3. The Morgan fingerprint density at radius 2 is 1.78 bits per heavy atom. The van der Waals surface area contributed by atoms with E-state index < -0.39 is 11.6 Å². The summed E-state index contributed by atoms with van der Waals surface area (Å²) in [5.74, 6) is -0.572. The van der Waals surface area contributed by atoms with Crippen molar-refractivity contribution < 1.29 is 19.1 Å². The molecule has 1 saturated heterocycles. The van der Waals surface area contributed by atoms with Gasteiger partial charge in [0.25, 0.3) is 11.8 Å². The van der Waals surface area contributed by atoms with Crippen LogP contribution in [0, 0.1) is 6.92 Å². The third kappa shape index (κ3) is 7.15. The van der Waals surface area contributed by atoms with Crippen molar-refractivity contribution in [3.63, 3.8) is 0 Å². The molecule has 2 fully saturated rings. The molecule has 5 rings (SSSR count). The molecule has 41 heavy (non-hydrogen) atoms. The van der Waals surface area contributed by atoms with Crippen LogP contribution in [0.15, 0.2) is 54.6 Å². The van der Waals surface area contributed by atoms with E-state index in [0.717, 1.165) is 73.3 Å². The highest BCUT2D eigenvalue weighted by molar-refractivity contribution is 7.21. The highest BCUT2D eigenvalue weighted by atomic mass is 32.1. The van der Waals surface area contributed by atoms with E-state index in [-0.39, 0.29) is 18.4 Å². The van der Waals surface area contributed by atoms with Crippen LogP contribution in [0.5, 0.6) is 0 Å². The predicted octanol–water partition coefficient (Wildman–Crippen LogP) is 4.76. The first-order valence-corrected chi connectivity index (χ1v) is 15.5. The Hall–Kier alpha value is -3.27. The maximum absolute atomic E-state index is 14.2. The summed E-state index contributed by atoms with van der Waals surface area (Å²) in [7, 11) is 0. The van der Waals surface area contributed by atoms with Crippen molar-refractivity contribution in [1.29, 1.82) is 0 Å². The van der Waals surface area contributed by atoms with Gasteiger partial charge in [-0.05, 0) is 61.7 Å². The molecule has 1 saturated carbocycles. The lowest BCUT2D eigenvalue weighted by Gasteiger charge is -2.34. The van der Waals surface area contributed by atoms with Gasteiger partial charge in [-0.25, -0.2) is 4.79 Å². The molecule has 3 aromatic rings. The normalized spacial score (nSPS) is 16.9. The van der Waals surface area contributed by atoms with Gasteiger partial charge in [-0.1, -0.05) is 61.4 Å². The molecule has 2 N–H and O–H groups in total. The largest absolute Gasteiger partial charge is 0.379 e. The van der Waals surface area contributed by atoms with Crippen LogP contribution in [0.25, 0.3) is 10.1 Å². The average Bonchev–Trinajstić information content (AvgIpc) is 3.65. The van der Waals surface area contributed by atoms with E-state index in [1.165, 1.54) is 16.2 Å². The fourth-order valence-corrected chi connectivity index (χ4v) is 6.85. The van der Waals surface area contributed by atoms with E-state index in [1.807, 2.05) is 61.5 Å². The molecule has 1 aromatic heterocycles. The van der Waals surface area contributed by atoms with Crippen LogP contribution in [0.2, 0.25) is 0 Å². The topological polar surface area (TPSA) is 91.0 Å². The van der Waals surface area contributed by atoms with Gasteiger partial charge in [-0.2, -0.15) is 0 Å². The molecule has 2 aromatic carbocycles. The van der Waals surface area contributed by atoms with Crippen molar-refractivity contribution in [2.75, 3.05) is 45.9 Å². The molecule has 8 nitrogen and oxygen atoms in total. The highest BCUT2D eigenvalue weighted by Crippen LogP contribution is 2.34. The number of carbonyl (C=O) groups is 3. The second kappa shape index (κ2) is 13.6. The number of rotatable bonds is 10. The number of nitrogens with zero attached hydrogens (tertiary/aromatic N) is 2. The molecule has 2 aliphatic rings. The number of morpholine rings is 1. The van der Waals surface area contributed by atoms with Gasteiger partial charge < -0.3 is 15.4 Å². The molecule has 0 unspecified atom stereocenters. The van der Waals surface area contributed by atoms with Crippen LogP contribution in [0.3, 0.4) is 0 Å². The minimum atomic E-state index is -1.09. The molecule has 0 radical (unpaired) electrons. The standard InChI is InChI=1S/C32H40N4O4S/c1-24-9-7-12-26-23-27(41-28(24)26)29(37)34-32(14-5-6-15-32)30(38)36(18-13-25-10-3-2-4-11-25)31(39)33-16-8-17-35-19-21-40-22-20-35/h2-4,7,9-12,23H,5-6,8,13-22H2,1H3,(H,33,39)(H,34,37). The summed E-state index contributed by atoms with van der Waals surface area (Å²) < 4.78 is 6.49. The average molecular weight is 577 g/mol. The first kappa shape index (κ1) is 29.2. The number of hydrogen-bond acceptors (Lipinski definition) is 6. The minimum absolute atomic E-state index is 0.248. The van der Waals surface area contributed by atoms with Crippen LogP contribution >= 0.6 is 11.3 Å². The van der Waals surface area contributed by atoms with E-state index in [2.05, 4.69) is 15.5 Å². The van der Waals surface area contributed by atoms with Gasteiger partial charge in [0.05, 0.1) is 18.1 Å². The smallest absolute Gasteiger partial charge is 0.324 e. The second-order valence-corrected chi connectivity index (χ2v) is 12.1. The summed E-state index contributed by atoms with van der Waals surface area (Å²) in [5.41, 5.74) is 1.08. The summed E-state index contributed by atoms with van der Waals surface area (Å²) in [6, 6.07) is 17.4. The van der Waals surface area contributed by atoms with E-state index in [1.54, 1.807) is 0 Å². The monoisotopic (exact) mass is 576 g/mol. The third-order valence-corrected chi connectivity index (χ3v) is 9.46. The lowest BCUT2D eigenvalue weighted by Crippen LogP contribution is -2.61. The molecule has 1 aliphatic heterocycles. The van der Waals surface area contributed by atoms with Crippen molar-refractivity contribution in [2.24, 2.45) is 0 Å². The predicted molar refractivity (Wildman–Crippen MR) is 162 cm³/mol.